The van der Waals surface area contributed by atoms with Crippen molar-refractivity contribution in [3.05, 3.63) is 17.6 Å². The summed E-state index contributed by atoms with van der Waals surface area (Å²) in [6.45, 7) is 4.43. The van der Waals surface area contributed by atoms with Gasteiger partial charge in [0.2, 0.25) is 0 Å². The monoisotopic (exact) mass is 233 g/mol. The summed E-state index contributed by atoms with van der Waals surface area (Å²) < 4.78 is 36.0. The zero-order chi connectivity index (χ0) is 12.3. The van der Waals surface area contributed by atoms with Gasteiger partial charge in [-0.25, -0.2) is 9.97 Å². The minimum Gasteiger partial charge on any atom is -0.361 e. The molecule has 1 aromatic rings. The summed E-state index contributed by atoms with van der Waals surface area (Å²) in [6, 6.07) is 1.50. The van der Waals surface area contributed by atoms with Crippen LogP contribution in [0, 0.1) is 6.92 Å². The van der Waals surface area contributed by atoms with Crippen LogP contribution < -0.4 is 5.32 Å². The van der Waals surface area contributed by atoms with Gasteiger partial charge in [0.05, 0.1) is 0 Å². The Balaban J connectivity index is 2.81. The van der Waals surface area contributed by atoms with Crippen molar-refractivity contribution in [3.63, 3.8) is 0 Å². The molecule has 1 N–H and O–H groups in total. The fourth-order valence-corrected chi connectivity index (χ4v) is 1.13. The number of nitrogens with one attached hydrogen (secondary N) is 1. The molecule has 0 aromatic carbocycles. The van der Waals surface area contributed by atoms with Crippen LogP contribution in [-0.4, -0.2) is 22.7 Å². The number of aryl methyl sites for hydroxylation is 1. The molecule has 0 radical (unpaired) electrons. The van der Waals surface area contributed by atoms with Crippen LogP contribution >= 0.6 is 0 Å². The van der Waals surface area contributed by atoms with E-state index in [1.165, 1.54) is 6.07 Å². The molecule has 1 aromatic heterocycles. The van der Waals surface area contributed by atoms with Crippen LogP contribution in [0.5, 0.6) is 0 Å². The highest BCUT2D eigenvalue weighted by Crippen LogP contribution is 2.17. The Morgan fingerprint density at radius 2 is 1.94 bits per heavy atom. The topological polar surface area (TPSA) is 37.8 Å². The maximum atomic E-state index is 12.0. The van der Waals surface area contributed by atoms with E-state index < -0.39 is 12.7 Å². The second kappa shape index (κ2) is 4.67. The zero-order valence-corrected chi connectivity index (χ0v) is 9.39. The molecule has 1 heterocycles. The summed E-state index contributed by atoms with van der Waals surface area (Å²) >= 11 is 0. The second-order valence-electron chi connectivity index (χ2n) is 3.88. The molecule has 0 fully saturated rings. The molecular formula is C10H14F3N3. The first kappa shape index (κ1) is 12.7. The highest BCUT2D eigenvalue weighted by Gasteiger charge is 2.26. The van der Waals surface area contributed by atoms with Crippen molar-refractivity contribution >= 4 is 5.82 Å². The Morgan fingerprint density at radius 1 is 1.31 bits per heavy atom. The predicted octanol–water partition coefficient (Wildman–Crippen LogP) is 2.88. The van der Waals surface area contributed by atoms with Crippen molar-refractivity contribution < 1.29 is 13.2 Å². The van der Waals surface area contributed by atoms with E-state index in [4.69, 9.17) is 0 Å². The summed E-state index contributed by atoms with van der Waals surface area (Å²) in [6.07, 6.45) is -4.24. The van der Waals surface area contributed by atoms with Crippen LogP contribution in [0.1, 0.15) is 31.3 Å². The predicted molar refractivity (Wildman–Crippen MR) is 55.4 cm³/mol. The van der Waals surface area contributed by atoms with Gasteiger partial charge in [-0.1, -0.05) is 13.8 Å². The van der Waals surface area contributed by atoms with Crippen LogP contribution in [0.25, 0.3) is 0 Å². The van der Waals surface area contributed by atoms with E-state index in [1.807, 2.05) is 13.8 Å². The standard InChI is InChI=1S/C10H14F3N3/c1-6(2)9-15-7(3)4-8(16-9)14-5-10(11,12)13/h4,6H,5H2,1-3H3,(H,14,15,16). The zero-order valence-electron chi connectivity index (χ0n) is 9.39. The third kappa shape index (κ3) is 4.04. The number of hydrogen-bond donors (Lipinski definition) is 1. The molecule has 6 heteroatoms. The first-order valence-electron chi connectivity index (χ1n) is 4.94. The Morgan fingerprint density at radius 3 is 2.44 bits per heavy atom. The Labute approximate surface area is 92.1 Å². The lowest BCUT2D eigenvalue weighted by Gasteiger charge is -2.11. The lowest BCUT2D eigenvalue weighted by Crippen LogP contribution is -2.22. The first-order chi connectivity index (χ1) is 7.28. The molecule has 0 aliphatic heterocycles. The van der Waals surface area contributed by atoms with E-state index in [-0.39, 0.29) is 11.7 Å². The van der Waals surface area contributed by atoms with Gasteiger partial charge in [-0.2, -0.15) is 13.2 Å². The molecule has 0 atom stereocenters. The largest absolute Gasteiger partial charge is 0.405 e. The average molecular weight is 233 g/mol. The molecule has 3 nitrogen and oxygen atoms in total. The van der Waals surface area contributed by atoms with Crippen molar-refractivity contribution in [2.75, 3.05) is 11.9 Å². The Kier molecular flexibility index (Phi) is 3.72. The van der Waals surface area contributed by atoms with E-state index in [1.54, 1.807) is 6.92 Å². The number of alkyl halides is 3. The summed E-state index contributed by atoms with van der Waals surface area (Å²) in [5, 5.41) is 2.24. The van der Waals surface area contributed by atoms with Gasteiger partial charge in [-0.3, -0.25) is 0 Å². The van der Waals surface area contributed by atoms with Crippen molar-refractivity contribution in [1.82, 2.24) is 9.97 Å². The number of anilines is 1. The Hall–Kier alpha value is -1.33. The van der Waals surface area contributed by atoms with Gasteiger partial charge in [0.1, 0.15) is 18.2 Å². The van der Waals surface area contributed by atoms with E-state index in [9.17, 15) is 13.2 Å². The van der Waals surface area contributed by atoms with Gasteiger partial charge >= 0.3 is 6.18 Å². The molecule has 0 spiro atoms. The van der Waals surface area contributed by atoms with Crippen molar-refractivity contribution in [2.24, 2.45) is 0 Å². The number of nitrogens with zero attached hydrogens (tertiary/aromatic N) is 2. The van der Waals surface area contributed by atoms with Gasteiger partial charge in [-0.05, 0) is 6.92 Å². The molecule has 90 valence electrons. The average Bonchev–Trinajstić information content (AvgIpc) is 2.13. The van der Waals surface area contributed by atoms with Gasteiger partial charge in [-0.15, -0.1) is 0 Å². The molecule has 0 saturated carbocycles. The quantitative estimate of drug-likeness (QED) is 0.872. The minimum absolute atomic E-state index is 0.0892. The van der Waals surface area contributed by atoms with Crippen LogP contribution in [0.4, 0.5) is 19.0 Å². The minimum atomic E-state index is -4.24. The van der Waals surface area contributed by atoms with Gasteiger partial charge in [0.15, 0.2) is 0 Å². The fraction of sp³-hybridized carbons (Fsp3) is 0.600. The number of halogens is 3. The van der Waals surface area contributed by atoms with E-state index in [2.05, 4.69) is 15.3 Å². The molecule has 0 saturated heterocycles. The third-order valence-corrected chi connectivity index (χ3v) is 1.86. The molecule has 0 aliphatic rings. The maximum Gasteiger partial charge on any atom is 0.405 e. The summed E-state index contributed by atoms with van der Waals surface area (Å²) in [7, 11) is 0. The Bertz CT molecular complexity index is 361. The molecule has 0 unspecified atom stereocenters. The SMILES string of the molecule is Cc1cc(NCC(F)(F)F)nc(C(C)C)n1. The normalized spacial score (nSPS) is 11.9. The fourth-order valence-electron chi connectivity index (χ4n) is 1.13. The smallest absolute Gasteiger partial charge is 0.361 e. The molecule has 0 amide bonds. The molecule has 0 bridgehead atoms. The third-order valence-electron chi connectivity index (χ3n) is 1.86. The molecule has 0 aliphatic carbocycles. The van der Waals surface area contributed by atoms with Crippen LogP contribution in [-0.2, 0) is 0 Å². The summed E-state index contributed by atoms with van der Waals surface area (Å²) in [4.78, 5) is 8.16. The summed E-state index contributed by atoms with van der Waals surface area (Å²) in [5.74, 6) is 0.851. The molecular weight excluding hydrogens is 219 g/mol. The van der Waals surface area contributed by atoms with Crippen molar-refractivity contribution in [2.45, 2.75) is 32.9 Å². The molecule has 16 heavy (non-hydrogen) atoms. The maximum absolute atomic E-state index is 12.0. The van der Waals surface area contributed by atoms with Gasteiger partial charge in [0, 0.05) is 17.7 Å². The van der Waals surface area contributed by atoms with Crippen molar-refractivity contribution in [3.8, 4) is 0 Å². The highest BCUT2D eigenvalue weighted by atomic mass is 19.4. The van der Waals surface area contributed by atoms with Crippen LogP contribution in [0.3, 0.4) is 0 Å². The lowest BCUT2D eigenvalue weighted by molar-refractivity contribution is -0.115. The van der Waals surface area contributed by atoms with E-state index in [0.29, 0.717) is 11.5 Å². The number of rotatable bonds is 3. The van der Waals surface area contributed by atoms with E-state index >= 15 is 0 Å². The number of aromatic nitrogens is 2. The lowest BCUT2D eigenvalue weighted by atomic mass is 10.2. The van der Waals surface area contributed by atoms with Crippen LogP contribution in [0.15, 0.2) is 6.07 Å². The van der Waals surface area contributed by atoms with Gasteiger partial charge < -0.3 is 5.32 Å². The second-order valence-corrected chi connectivity index (χ2v) is 3.88. The molecule has 1 rings (SSSR count). The van der Waals surface area contributed by atoms with E-state index in [0.717, 1.165) is 0 Å². The van der Waals surface area contributed by atoms with Gasteiger partial charge in [0.25, 0.3) is 0 Å². The van der Waals surface area contributed by atoms with Crippen molar-refractivity contribution in [1.29, 1.82) is 0 Å². The van der Waals surface area contributed by atoms with Crippen LogP contribution in [0.2, 0.25) is 0 Å². The number of hydrogen-bond acceptors (Lipinski definition) is 3. The highest BCUT2D eigenvalue weighted by molar-refractivity contribution is 5.36. The first-order valence-corrected chi connectivity index (χ1v) is 4.94. The summed E-state index contributed by atoms with van der Waals surface area (Å²) in [5.41, 5.74) is 0.656.